The van der Waals surface area contributed by atoms with Gasteiger partial charge in [-0.1, -0.05) is 29.8 Å². The summed E-state index contributed by atoms with van der Waals surface area (Å²) < 4.78 is 40.7. The highest BCUT2D eigenvalue weighted by molar-refractivity contribution is 6.30. The van der Waals surface area contributed by atoms with Crippen LogP contribution in [0.4, 0.5) is 13.2 Å². The van der Waals surface area contributed by atoms with Gasteiger partial charge in [0.05, 0.1) is 11.3 Å². The Hall–Kier alpha value is -3.86. The summed E-state index contributed by atoms with van der Waals surface area (Å²) in [6.45, 7) is 0.504. The number of fused-ring (bicyclic) bond motifs is 1. The van der Waals surface area contributed by atoms with Crippen LogP contribution in [-0.4, -0.2) is 46.0 Å². The number of aromatic amines is 1. The number of nitrogens with one attached hydrogen (secondary N) is 3. The van der Waals surface area contributed by atoms with Gasteiger partial charge in [0.1, 0.15) is 0 Å². The molecule has 0 bridgehead atoms. The van der Waals surface area contributed by atoms with Crippen molar-refractivity contribution >= 4 is 29.4 Å². The van der Waals surface area contributed by atoms with Crippen molar-refractivity contribution in [3.63, 3.8) is 0 Å². The Morgan fingerprint density at radius 3 is 2.71 bits per heavy atom. The first-order chi connectivity index (χ1) is 16.6. The highest BCUT2D eigenvalue weighted by Gasteiger charge is 2.43. The molecule has 182 valence electrons. The summed E-state index contributed by atoms with van der Waals surface area (Å²) in [7, 11) is 0. The number of halogens is 4. The van der Waals surface area contributed by atoms with Gasteiger partial charge in [0.15, 0.2) is 0 Å². The van der Waals surface area contributed by atoms with Crippen molar-refractivity contribution in [1.29, 1.82) is 0 Å². The Bertz CT molecular complexity index is 1290. The highest BCUT2D eigenvalue weighted by Crippen LogP contribution is 2.27. The number of esters is 1. The number of carbonyl (C=O) groups is 3. The van der Waals surface area contributed by atoms with Crippen LogP contribution in [0.15, 0.2) is 48.7 Å². The molecule has 0 aliphatic carbocycles. The number of amides is 2. The van der Waals surface area contributed by atoms with E-state index in [0.29, 0.717) is 29.8 Å². The van der Waals surface area contributed by atoms with Crippen LogP contribution >= 0.6 is 11.6 Å². The predicted octanol–water partition coefficient (Wildman–Crippen LogP) is 3.32. The summed E-state index contributed by atoms with van der Waals surface area (Å²) in [6, 6.07) is 12.4. The zero-order valence-electron chi connectivity index (χ0n) is 17.9. The lowest BCUT2D eigenvalue weighted by molar-refractivity contribution is -0.201. The zero-order valence-corrected chi connectivity index (χ0v) is 18.7. The molecule has 1 aromatic carbocycles. The van der Waals surface area contributed by atoms with E-state index in [1.54, 1.807) is 36.5 Å². The molecule has 0 radical (unpaired) electrons. The van der Waals surface area contributed by atoms with Crippen LogP contribution in [0, 0.1) is 0 Å². The number of nitrogens with zero attached hydrogens (tertiary/aromatic N) is 1. The quantitative estimate of drug-likeness (QED) is 0.351. The third kappa shape index (κ3) is 5.62. The number of aromatic nitrogens is 2. The van der Waals surface area contributed by atoms with Gasteiger partial charge in [-0.3, -0.25) is 14.6 Å². The van der Waals surface area contributed by atoms with Crippen molar-refractivity contribution in [2.75, 3.05) is 6.54 Å². The van der Waals surface area contributed by atoms with E-state index in [9.17, 15) is 27.6 Å². The first-order valence-electron chi connectivity index (χ1n) is 10.4. The van der Waals surface area contributed by atoms with Crippen LogP contribution in [0.1, 0.15) is 21.6 Å². The number of pyridine rings is 1. The average Bonchev–Trinajstić information content (AvgIpc) is 3.28. The molecule has 2 amide bonds. The number of benzene rings is 1. The van der Waals surface area contributed by atoms with Crippen molar-refractivity contribution in [2.45, 2.75) is 24.7 Å². The topological polar surface area (TPSA) is 113 Å². The molecule has 0 saturated carbocycles. The number of ether oxygens (including phenoxy) is 1. The molecule has 0 saturated heterocycles. The minimum absolute atomic E-state index is 0.0718. The molecule has 1 atom stereocenters. The second-order valence-electron chi connectivity index (χ2n) is 7.65. The first-order valence-corrected chi connectivity index (χ1v) is 10.8. The van der Waals surface area contributed by atoms with Crippen LogP contribution < -0.4 is 10.6 Å². The second-order valence-corrected chi connectivity index (χ2v) is 8.04. The third-order valence-corrected chi connectivity index (χ3v) is 5.50. The van der Waals surface area contributed by atoms with Crippen molar-refractivity contribution in [2.24, 2.45) is 0 Å². The van der Waals surface area contributed by atoms with Gasteiger partial charge in [-0.2, -0.15) is 13.2 Å². The normalized spacial score (nSPS) is 14.0. The molecule has 35 heavy (non-hydrogen) atoms. The maximum atomic E-state index is 12.3. The Morgan fingerprint density at radius 1 is 1.17 bits per heavy atom. The molecule has 4 rings (SSSR count). The van der Waals surface area contributed by atoms with Gasteiger partial charge in [0.25, 0.3) is 17.4 Å². The number of alkyl halides is 4. The smallest absolute Gasteiger partial charge is 0.429 e. The van der Waals surface area contributed by atoms with E-state index in [0.717, 1.165) is 22.5 Å². The predicted molar refractivity (Wildman–Crippen MR) is 119 cm³/mol. The molecule has 1 unspecified atom stereocenters. The SMILES string of the molecule is O=C1NCCc2[nH]c(-c3ccnc(-c4cccc(CNC(=O)C(Cl)OC(=O)C(F)(F)F)c4)c3)cc21. The van der Waals surface area contributed by atoms with Gasteiger partial charge in [-0.05, 0) is 29.8 Å². The van der Waals surface area contributed by atoms with Gasteiger partial charge >= 0.3 is 12.1 Å². The molecule has 1 aliphatic heterocycles. The zero-order chi connectivity index (χ0) is 25.2. The monoisotopic (exact) mass is 506 g/mol. The van der Waals surface area contributed by atoms with E-state index in [2.05, 4.69) is 25.3 Å². The summed E-state index contributed by atoms with van der Waals surface area (Å²) in [4.78, 5) is 42.4. The molecular weight excluding hydrogens is 489 g/mol. The second kappa shape index (κ2) is 9.79. The van der Waals surface area contributed by atoms with Crippen molar-refractivity contribution < 1.29 is 32.3 Å². The Balaban J connectivity index is 1.45. The molecular formula is C23H18ClF3N4O4. The summed E-state index contributed by atoms with van der Waals surface area (Å²) in [6.07, 6.45) is -2.91. The summed E-state index contributed by atoms with van der Waals surface area (Å²) in [5, 5.41) is 5.13. The number of hydrogen-bond donors (Lipinski definition) is 3. The molecule has 2 aromatic heterocycles. The van der Waals surface area contributed by atoms with E-state index >= 15 is 0 Å². The molecule has 3 aromatic rings. The van der Waals surface area contributed by atoms with Crippen molar-refractivity contribution in [1.82, 2.24) is 20.6 Å². The van der Waals surface area contributed by atoms with E-state index in [1.807, 2.05) is 12.1 Å². The summed E-state index contributed by atoms with van der Waals surface area (Å²) in [5.74, 6) is -3.76. The van der Waals surface area contributed by atoms with Gasteiger partial charge < -0.3 is 20.4 Å². The van der Waals surface area contributed by atoms with E-state index in [1.165, 1.54) is 0 Å². The third-order valence-electron chi connectivity index (χ3n) is 5.21. The molecule has 1 aliphatic rings. The fraction of sp³-hybridized carbons (Fsp3) is 0.217. The Labute approximate surface area is 201 Å². The standard InChI is InChI=1S/C23H18ClF3N4O4/c24-19(35-22(34)23(25,26)27)21(33)30-11-12-2-1-3-13(8-12)17-9-14(4-6-28-17)18-10-15-16(31-18)5-7-29-20(15)32/h1-4,6,8-10,19,31H,5,7,11H2,(H,29,32)(H,30,33). The minimum Gasteiger partial charge on any atom is -0.429 e. The average molecular weight is 507 g/mol. The van der Waals surface area contributed by atoms with Gasteiger partial charge in [-0.15, -0.1) is 0 Å². The number of rotatable bonds is 6. The fourth-order valence-electron chi connectivity index (χ4n) is 3.53. The lowest BCUT2D eigenvalue weighted by atomic mass is 10.0. The minimum atomic E-state index is -5.25. The van der Waals surface area contributed by atoms with Crippen LogP contribution in [0.2, 0.25) is 0 Å². The molecule has 8 nitrogen and oxygen atoms in total. The lowest BCUT2D eigenvalue weighted by Gasteiger charge is -2.13. The summed E-state index contributed by atoms with van der Waals surface area (Å²) in [5.41, 5.74) is 2.92. The highest BCUT2D eigenvalue weighted by atomic mass is 35.5. The maximum Gasteiger partial charge on any atom is 0.490 e. The van der Waals surface area contributed by atoms with Gasteiger partial charge in [0.2, 0.25) is 0 Å². The van der Waals surface area contributed by atoms with Crippen LogP contribution in [-0.2, 0) is 27.3 Å². The van der Waals surface area contributed by atoms with Gasteiger partial charge in [-0.25, -0.2) is 4.79 Å². The van der Waals surface area contributed by atoms with Gasteiger partial charge in [0, 0.05) is 48.2 Å². The number of carbonyl (C=O) groups excluding carboxylic acids is 3. The van der Waals surface area contributed by atoms with Crippen LogP contribution in [0.25, 0.3) is 22.5 Å². The molecule has 3 heterocycles. The lowest BCUT2D eigenvalue weighted by Crippen LogP contribution is -2.37. The van der Waals surface area contributed by atoms with E-state index in [4.69, 9.17) is 11.6 Å². The van der Waals surface area contributed by atoms with E-state index in [-0.39, 0.29) is 12.5 Å². The maximum absolute atomic E-state index is 12.3. The molecule has 0 spiro atoms. The number of H-pyrrole nitrogens is 1. The summed E-state index contributed by atoms with van der Waals surface area (Å²) >= 11 is 5.45. The molecule has 0 fully saturated rings. The Kier molecular flexibility index (Phi) is 6.79. The molecule has 3 N–H and O–H groups in total. The largest absolute Gasteiger partial charge is 0.490 e. The number of hydrogen-bond acceptors (Lipinski definition) is 5. The van der Waals surface area contributed by atoms with Crippen molar-refractivity contribution in [3.05, 3.63) is 65.5 Å². The van der Waals surface area contributed by atoms with E-state index < -0.39 is 23.6 Å². The van der Waals surface area contributed by atoms with Crippen molar-refractivity contribution in [3.8, 4) is 22.5 Å². The Morgan fingerprint density at radius 2 is 1.97 bits per heavy atom. The fourth-order valence-corrected chi connectivity index (χ4v) is 3.69. The first kappa shape index (κ1) is 24.3. The van der Waals surface area contributed by atoms with Crippen LogP contribution in [0.3, 0.4) is 0 Å². The van der Waals surface area contributed by atoms with Crippen LogP contribution in [0.5, 0.6) is 0 Å². The molecule has 12 heteroatoms.